The van der Waals surface area contributed by atoms with Crippen LogP contribution in [-0.4, -0.2) is 87.5 Å². The fraction of sp³-hybridized carbons (Fsp3) is 0.367. The molecule has 3 N–H and O–H groups in total. The maximum atomic E-state index is 14.3. The number of nitrogens with zero attached hydrogens (tertiary/aromatic N) is 7. The van der Waals surface area contributed by atoms with E-state index in [1.807, 2.05) is 53.7 Å². The molecule has 0 bridgehead atoms. The molecule has 1 aliphatic rings. The summed E-state index contributed by atoms with van der Waals surface area (Å²) in [5, 5.41) is 28.6. The molecule has 1 fully saturated rings. The Hall–Kier alpha value is -6.01. The monoisotopic (exact) mass is 938 g/mol. The van der Waals surface area contributed by atoms with E-state index in [1.54, 1.807) is 24.3 Å². The van der Waals surface area contributed by atoms with E-state index in [4.69, 9.17) is 15.6 Å². The summed E-state index contributed by atoms with van der Waals surface area (Å²) < 4.78 is 34.3. The molecule has 13 nitrogen and oxygen atoms in total. The summed E-state index contributed by atoms with van der Waals surface area (Å²) in [6, 6.07) is 20.1. The van der Waals surface area contributed by atoms with Crippen molar-refractivity contribution in [2.75, 3.05) is 49.1 Å². The minimum atomic E-state index is -0.737. The molecule has 0 aliphatic carbocycles. The van der Waals surface area contributed by atoms with Gasteiger partial charge in [-0.05, 0) is 117 Å². The second kappa shape index (κ2) is 22.9. The molecule has 7 rings (SSSR count). The highest BCUT2D eigenvalue weighted by Gasteiger charge is 2.33. The van der Waals surface area contributed by atoms with E-state index in [-0.39, 0.29) is 17.0 Å². The molecule has 2 amide bonds. The largest absolute Gasteiger partial charge is 0.492 e. The number of aromatic nitrogens is 4. The van der Waals surface area contributed by atoms with Gasteiger partial charge in [0.1, 0.15) is 34.0 Å². The van der Waals surface area contributed by atoms with Crippen molar-refractivity contribution in [1.82, 2.24) is 25.3 Å². The number of carboxylic acid groups (broad SMARTS) is 1. The minimum absolute atomic E-state index is 0.0209. The number of likely N-dealkylation sites (tertiary alicyclic amines) is 1. The summed E-state index contributed by atoms with van der Waals surface area (Å²) in [4.78, 5) is 42.5. The van der Waals surface area contributed by atoms with Crippen molar-refractivity contribution in [3.05, 3.63) is 123 Å². The fourth-order valence-electron chi connectivity index (χ4n) is 7.55. The molecule has 4 aromatic carbocycles. The van der Waals surface area contributed by atoms with E-state index in [9.17, 15) is 23.2 Å². The molecule has 0 radical (unpaired) electrons. The van der Waals surface area contributed by atoms with Crippen molar-refractivity contribution in [1.29, 1.82) is 0 Å². The first kappa shape index (κ1) is 49.4. The van der Waals surface area contributed by atoms with Crippen molar-refractivity contribution < 1.29 is 33.0 Å². The quantitative estimate of drug-likeness (QED) is 0.0842. The van der Waals surface area contributed by atoms with Crippen LogP contribution in [0.4, 0.5) is 19.0 Å². The van der Waals surface area contributed by atoms with Gasteiger partial charge in [-0.1, -0.05) is 73.6 Å². The molecule has 1 aliphatic heterocycles. The number of anilines is 2. The Morgan fingerprint density at radius 2 is 1.17 bits per heavy atom. The van der Waals surface area contributed by atoms with Gasteiger partial charge < -0.3 is 15.6 Å². The Morgan fingerprint density at radius 1 is 0.727 bits per heavy atom. The van der Waals surface area contributed by atoms with Crippen LogP contribution in [0.3, 0.4) is 0 Å². The van der Waals surface area contributed by atoms with E-state index in [2.05, 4.69) is 37.4 Å². The number of aryl methyl sites for hydroxylation is 4. The lowest BCUT2D eigenvalue weighted by Crippen LogP contribution is -2.49. The average Bonchev–Trinajstić information content (AvgIpc) is 3.97. The molecule has 0 spiro atoms. The maximum Gasteiger partial charge on any atom is 0.309 e. The van der Waals surface area contributed by atoms with Crippen molar-refractivity contribution in [2.24, 2.45) is 11.7 Å². The number of carboxylic acids is 1. The third-order valence-electron chi connectivity index (χ3n) is 11.2. The number of rotatable bonds is 18. The van der Waals surface area contributed by atoms with E-state index in [0.29, 0.717) is 66.2 Å². The van der Waals surface area contributed by atoms with Gasteiger partial charge in [0.15, 0.2) is 0 Å². The Kier molecular flexibility index (Phi) is 17.2. The number of hydrogen-bond donors (Lipinski definition) is 2. The summed E-state index contributed by atoms with van der Waals surface area (Å²) in [5.41, 5.74) is 12.7. The predicted octanol–water partition coefficient (Wildman–Crippen LogP) is 9.67. The highest BCUT2D eigenvalue weighted by Crippen LogP contribution is 2.36. The molecule has 0 atom stereocenters. The summed E-state index contributed by atoms with van der Waals surface area (Å²) >= 11 is 2.63. The second-order valence-corrected chi connectivity index (χ2v) is 18.2. The molecule has 2 aromatic heterocycles. The molecule has 0 unspecified atom stereocenters. The Labute approximate surface area is 392 Å². The standard InChI is InChI=1S/C26H29FN4O3S.C23H27FN4O2S/c1-4-5-10-31(24(32)20-8-6-7-9-22(20)27)26-29-28-23(35-26)18-11-16(2)21(17(3)12-18)15-30-13-19(14-30)25(33)34;1-4-5-11-28(22(29)18-8-6-7-9-19(18)24)23-27-26-21(31-23)17-13-15(2)20(16(3)14-17)30-12-10-25/h6-9,11-12,19H,4-5,10,13-15H2,1-3H3,(H,33,34);6-9,13-14H,4-5,10-12,25H2,1-3H3. The summed E-state index contributed by atoms with van der Waals surface area (Å²) in [7, 11) is 0. The van der Waals surface area contributed by atoms with Crippen LogP contribution in [0.2, 0.25) is 0 Å². The number of carbonyl (C=O) groups excluding carboxylic acids is 2. The van der Waals surface area contributed by atoms with Crippen LogP contribution in [0.1, 0.15) is 88.1 Å². The van der Waals surface area contributed by atoms with Crippen LogP contribution < -0.4 is 20.3 Å². The van der Waals surface area contributed by atoms with Gasteiger partial charge in [0.2, 0.25) is 10.3 Å². The predicted molar refractivity (Wildman–Crippen MR) is 257 cm³/mol. The Morgan fingerprint density at radius 3 is 1.58 bits per heavy atom. The highest BCUT2D eigenvalue weighted by molar-refractivity contribution is 7.19. The number of carbonyl (C=O) groups is 3. The van der Waals surface area contributed by atoms with Gasteiger partial charge in [-0.3, -0.25) is 29.1 Å². The zero-order valence-electron chi connectivity index (χ0n) is 38.1. The van der Waals surface area contributed by atoms with Crippen LogP contribution in [0, 0.1) is 45.2 Å². The molecule has 6 aromatic rings. The summed E-state index contributed by atoms with van der Waals surface area (Å²) in [6.07, 6.45) is 3.33. The zero-order valence-corrected chi connectivity index (χ0v) is 39.8. The second-order valence-electron chi connectivity index (χ2n) is 16.3. The van der Waals surface area contributed by atoms with E-state index >= 15 is 0 Å². The van der Waals surface area contributed by atoms with Crippen molar-refractivity contribution in [3.63, 3.8) is 0 Å². The first-order valence-electron chi connectivity index (χ1n) is 22.0. The number of ether oxygens (including phenoxy) is 1. The maximum absolute atomic E-state index is 14.3. The van der Waals surface area contributed by atoms with E-state index < -0.39 is 29.4 Å². The number of unbranched alkanes of at least 4 members (excludes halogenated alkanes) is 2. The number of hydrogen-bond acceptors (Lipinski definition) is 12. The lowest BCUT2D eigenvalue weighted by atomic mass is 9.95. The molecular weight excluding hydrogens is 883 g/mol. The molecule has 17 heteroatoms. The van der Waals surface area contributed by atoms with Crippen LogP contribution in [-0.2, 0) is 11.3 Å². The van der Waals surface area contributed by atoms with Crippen molar-refractivity contribution in [3.8, 4) is 26.9 Å². The fourth-order valence-corrected chi connectivity index (χ4v) is 9.26. The third-order valence-corrected chi connectivity index (χ3v) is 13.2. The number of aliphatic carboxylic acids is 1. The third kappa shape index (κ3) is 11.9. The lowest BCUT2D eigenvalue weighted by molar-refractivity contribution is -0.147. The van der Waals surface area contributed by atoms with Gasteiger partial charge >= 0.3 is 5.97 Å². The molecule has 348 valence electrons. The topological polar surface area (TPSA) is 168 Å². The SMILES string of the molecule is CCCCN(C(=O)c1ccccc1F)c1nnc(-c2cc(C)c(CN3CC(C(=O)O)C3)c(C)c2)s1.CCCCN(C(=O)c1ccccc1F)c1nnc(-c2cc(C)c(OCCN)c(C)c2)s1. The van der Waals surface area contributed by atoms with Crippen LogP contribution in [0.15, 0.2) is 72.8 Å². The molecule has 66 heavy (non-hydrogen) atoms. The van der Waals surface area contributed by atoms with Gasteiger partial charge in [-0.25, -0.2) is 8.78 Å². The molecular formula is C49H56F2N8O5S2. The van der Waals surface area contributed by atoms with Crippen molar-refractivity contribution >= 4 is 50.7 Å². The molecule has 0 saturated carbocycles. The summed E-state index contributed by atoms with van der Waals surface area (Å²) in [5.74, 6) is -2.13. The Balaban J connectivity index is 0.000000220. The average molecular weight is 939 g/mol. The first-order chi connectivity index (χ1) is 31.7. The smallest absolute Gasteiger partial charge is 0.309 e. The van der Waals surface area contributed by atoms with Crippen LogP contribution >= 0.6 is 22.7 Å². The zero-order chi connectivity index (χ0) is 47.5. The number of amides is 2. The van der Waals surface area contributed by atoms with E-state index in [0.717, 1.165) is 64.8 Å². The number of nitrogens with two attached hydrogens (primary N) is 1. The molecule has 1 saturated heterocycles. The van der Waals surface area contributed by atoms with Gasteiger partial charge in [-0.15, -0.1) is 20.4 Å². The van der Waals surface area contributed by atoms with E-state index in [1.165, 1.54) is 62.3 Å². The van der Waals surface area contributed by atoms with Gasteiger partial charge in [0, 0.05) is 50.4 Å². The van der Waals surface area contributed by atoms with Crippen LogP contribution in [0.25, 0.3) is 21.1 Å². The number of halogens is 2. The lowest BCUT2D eigenvalue weighted by Gasteiger charge is -2.37. The number of benzene rings is 4. The van der Waals surface area contributed by atoms with Crippen LogP contribution in [0.5, 0.6) is 5.75 Å². The Bertz CT molecular complexity index is 2600. The minimum Gasteiger partial charge on any atom is -0.492 e. The molecule has 3 heterocycles. The highest BCUT2D eigenvalue weighted by atomic mass is 32.1. The van der Waals surface area contributed by atoms with Crippen molar-refractivity contribution in [2.45, 2.75) is 73.8 Å². The van der Waals surface area contributed by atoms with Gasteiger partial charge in [0.05, 0.1) is 17.0 Å². The first-order valence-corrected chi connectivity index (χ1v) is 23.7. The summed E-state index contributed by atoms with van der Waals surface area (Å²) in [6.45, 7) is 15.7. The van der Waals surface area contributed by atoms with Gasteiger partial charge in [-0.2, -0.15) is 0 Å². The normalized spacial score (nSPS) is 12.6. The van der Waals surface area contributed by atoms with Gasteiger partial charge in [0.25, 0.3) is 11.8 Å².